The van der Waals surface area contributed by atoms with Crippen LogP contribution in [0.2, 0.25) is 0 Å². The Morgan fingerprint density at radius 2 is 1.95 bits per heavy atom. The van der Waals surface area contributed by atoms with E-state index in [0.29, 0.717) is 12.4 Å². The Morgan fingerprint density at radius 1 is 1.24 bits per heavy atom. The second-order valence-corrected chi connectivity index (χ2v) is 5.09. The Balaban J connectivity index is 1.75. The van der Waals surface area contributed by atoms with E-state index in [0.717, 1.165) is 39.0 Å². The fraction of sp³-hybridized carbons (Fsp3) is 0.562. The predicted molar refractivity (Wildman–Crippen MR) is 82.9 cm³/mol. The summed E-state index contributed by atoms with van der Waals surface area (Å²) in [4.78, 5) is 13.8. The second-order valence-electron chi connectivity index (χ2n) is 5.09. The summed E-state index contributed by atoms with van der Waals surface area (Å²) < 4.78 is 10.5. The van der Waals surface area contributed by atoms with Gasteiger partial charge in [-0.25, -0.2) is 4.79 Å². The number of rotatable bonds is 7. The van der Waals surface area contributed by atoms with Crippen molar-refractivity contribution in [3.05, 3.63) is 24.3 Å². The highest BCUT2D eigenvalue weighted by atomic mass is 16.6. The lowest BCUT2D eigenvalue weighted by Crippen LogP contribution is -2.43. The van der Waals surface area contributed by atoms with Crippen molar-refractivity contribution in [3.8, 4) is 5.75 Å². The van der Waals surface area contributed by atoms with Crippen LogP contribution < -0.4 is 15.0 Å². The fourth-order valence-corrected chi connectivity index (χ4v) is 2.19. The van der Waals surface area contributed by atoms with Crippen molar-refractivity contribution in [1.29, 1.82) is 0 Å². The lowest BCUT2D eigenvalue weighted by atomic mass is 10.2. The Hall–Kier alpha value is -1.75. The summed E-state index contributed by atoms with van der Waals surface area (Å²) in [6.45, 7) is 6.57. The largest absolute Gasteiger partial charge is 0.482 e. The standard InChI is InChI=1S/C16H24N2O3/c1-2-3-12-20-16(19)13-21-15-6-4-14(5-7-15)18-10-8-17-9-11-18/h4-7,17H,2-3,8-13H2,1H3. The summed E-state index contributed by atoms with van der Waals surface area (Å²) >= 11 is 0. The van der Waals surface area contributed by atoms with Crippen molar-refractivity contribution < 1.29 is 14.3 Å². The monoisotopic (exact) mass is 292 g/mol. The van der Waals surface area contributed by atoms with Crippen molar-refractivity contribution in [2.24, 2.45) is 0 Å². The average Bonchev–Trinajstić information content (AvgIpc) is 2.54. The summed E-state index contributed by atoms with van der Waals surface area (Å²) in [7, 11) is 0. The maximum atomic E-state index is 11.4. The Kier molecular flexibility index (Phi) is 6.34. The first-order valence-electron chi connectivity index (χ1n) is 7.63. The molecule has 0 saturated carbocycles. The average molecular weight is 292 g/mol. The van der Waals surface area contributed by atoms with Crippen LogP contribution in [-0.2, 0) is 9.53 Å². The number of carbonyl (C=O) groups excluding carboxylic acids is 1. The Labute approximate surface area is 126 Å². The van der Waals surface area contributed by atoms with Gasteiger partial charge >= 0.3 is 5.97 Å². The van der Waals surface area contributed by atoms with Gasteiger partial charge in [0, 0.05) is 31.9 Å². The van der Waals surface area contributed by atoms with Crippen LogP contribution in [0.1, 0.15) is 19.8 Å². The number of nitrogens with one attached hydrogen (secondary N) is 1. The lowest BCUT2D eigenvalue weighted by molar-refractivity contribution is -0.146. The number of anilines is 1. The second kappa shape index (κ2) is 8.52. The molecule has 0 aromatic heterocycles. The van der Waals surface area contributed by atoms with Gasteiger partial charge in [0.25, 0.3) is 0 Å². The molecule has 0 radical (unpaired) electrons. The number of carbonyl (C=O) groups is 1. The molecule has 1 heterocycles. The van der Waals surface area contributed by atoms with Gasteiger partial charge in [0.2, 0.25) is 0 Å². The molecule has 1 fully saturated rings. The van der Waals surface area contributed by atoms with Crippen molar-refractivity contribution in [2.45, 2.75) is 19.8 Å². The molecular formula is C16H24N2O3. The molecule has 0 atom stereocenters. The molecule has 0 aliphatic carbocycles. The van der Waals surface area contributed by atoms with Crippen LogP contribution in [0.3, 0.4) is 0 Å². The van der Waals surface area contributed by atoms with Crippen LogP contribution >= 0.6 is 0 Å². The summed E-state index contributed by atoms with van der Waals surface area (Å²) in [5, 5.41) is 3.33. The van der Waals surface area contributed by atoms with Gasteiger partial charge in [-0.05, 0) is 30.7 Å². The van der Waals surface area contributed by atoms with Gasteiger partial charge in [0.1, 0.15) is 5.75 Å². The third kappa shape index (κ3) is 5.27. The molecular weight excluding hydrogens is 268 g/mol. The Morgan fingerprint density at radius 3 is 2.62 bits per heavy atom. The van der Waals surface area contributed by atoms with Crippen molar-refractivity contribution >= 4 is 11.7 Å². The van der Waals surface area contributed by atoms with E-state index >= 15 is 0 Å². The smallest absolute Gasteiger partial charge is 0.344 e. The summed E-state index contributed by atoms with van der Waals surface area (Å²) in [5.41, 5.74) is 1.19. The highest BCUT2D eigenvalue weighted by molar-refractivity contribution is 5.71. The molecule has 21 heavy (non-hydrogen) atoms. The Bertz CT molecular complexity index is 428. The van der Waals surface area contributed by atoms with Crippen LogP contribution in [-0.4, -0.2) is 45.4 Å². The molecule has 1 N–H and O–H groups in total. The van der Waals surface area contributed by atoms with E-state index in [2.05, 4.69) is 17.1 Å². The molecule has 0 spiro atoms. The molecule has 1 saturated heterocycles. The van der Waals surface area contributed by atoms with Gasteiger partial charge in [0.15, 0.2) is 6.61 Å². The predicted octanol–water partition coefficient (Wildman–Crippen LogP) is 1.82. The minimum Gasteiger partial charge on any atom is -0.482 e. The summed E-state index contributed by atoms with van der Waals surface area (Å²) in [6, 6.07) is 7.86. The number of ether oxygens (including phenoxy) is 2. The number of unbranched alkanes of at least 4 members (excludes halogenated alkanes) is 1. The zero-order valence-electron chi connectivity index (χ0n) is 12.6. The normalized spacial score (nSPS) is 14.8. The minimum atomic E-state index is -0.311. The van der Waals surface area contributed by atoms with E-state index in [1.807, 2.05) is 24.3 Å². The molecule has 0 bridgehead atoms. The van der Waals surface area contributed by atoms with E-state index in [1.165, 1.54) is 5.69 Å². The van der Waals surface area contributed by atoms with Crippen LogP contribution in [0.4, 0.5) is 5.69 Å². The highest BCUT2D eigenvalue weighted by Gasteiger charge is 2.10. The third-order valence-corrected chi connectivity index (χ3v) is 3.44. The number of benzene rings is 1. The van der Waals surface area contributed by atoms with E-state index < -0.39 is 0 Å². The van der Waals surface area contributed by atoms with Crippen molar-refractivity contribution in [2.75, 3.05) is 44.3 Å². The number of esters is 1. The molecule has 2 rings (SSSR count). The van der Waals surface area contributed by atoms with E-state index in [4.69, 9.17) is 9.47 Å². The van der Waals surface area contributed by atoms with Crippen molar-refractivity contribution in [1.82, 2.24) is 5.32 Å². The highest BCUT2D eigenvalue weighted by Crippen LogP contribution is 2.19. The molecule has 1 aromatic carbocycles. The number of nitrogens with zero attached hydrogens (tertiary/aromatic N) is 1. The molecule has 5 heteroatoms. The number of piperazine rings is 1. The van der Waals surface area contributed by atoms with Gasteiger partial charge in [-0.1, -0.05) is 13.3 Å². The van der Waals surface area contributed by atoms with E-state index in [-0.39, 0.29) is 12.6 Å². The first kappa shape index (κ1) is 15.6. The quantitative estimate of drug-likeness (QED) is 0.613. The molecule has 1 aliphatic heterocycles. The maximum absolute atomic E-state index is 11.4. The molecule has 116 valence electrons. The van der Waals surface area contributed by atoms with Gasteiger partial charge in [-0.3, -0.25) is 0 Å². The zero-order valence-corrected chi connectivity index (χ0v) is 12.6. The van der Waals surface area contributed by atoms with Crippen LogP contribution in [0.15, 0.2) is 24.3 Å². The zero-order chi connectivity index (χ0) is 14.9. The molecule has 1 aliphatic rings. The topological polar surface area (TPSA) is 50.8 Å². The van der Waals surface area contributed by atoms with Crippen molar-refractivity contribution in [3.63, 3.8) is 0 Å². The molecule has 1 aromatic rings. The van der Waals surface area contributed by atoms with Crippen LogP contribution in [0, 0.1) is 0 Å². The maximum Gasteiger partial charge on any atom is 0.344 e. The minimum absolute atomic E-state index is 0.0311. The molecule has 0 amide bonds. The van der Waals surface area contributed by atoms with Gasteiger partial charge in [0.05, 0.1) is 6.61 Å². The first-order chi connectivity index (χ1) is 10.3. The fourth-order valence-electron chi connectivity index (χ4n) is 2.19. The van der Waals surface area contributed by atoms with E-state index in [9.17, 15) is 4.79 Å². The third-order valence-electron chi connectivity index (χ3n) is 3.44. The lowest BCUT2D eigenvalue weighted by Gasteiger charge is -2.29. The van der Waals surface area contributed by atoms with Gasteiger partial charge in [-0.2, -0.15) is 0 Å². The number of hydrogen-bond donors (Lipinski definition) is 1. The van der Waals surface area contributed by atoms with Crippen LogP contribution in [0.5, 0.6) is 5.75 Å². The molecule has 5 nitrogen and oxygen atoms in total. The number of hydrogen-bond acceptors (Lipinski definition) is 5. The first-order valence-corrected chi connectivity index (χ1v) is 7.63. The van der Waals surface area contributed by atoms with Crippen LogP contribution in [0.25, 0.3) is 0 Å². The summed E-state index contributed by atoms with van der Waals surface area (Å²) in [5.74, 6) is 0.385. The van der Waals surface area contributed by atoms with E-state index in [1.54, 1.807) is 0 Å². The summed E-state index contributed by atoms with van der Waals surface area (Å²) in [6.07, 6.45) is 1.91. The molecule has 0 unspecified atom stereocenters. The van der Waals surface area contributed by atoms with Gasteiger partial charge < -0.3 is 19.7 Å². The van der Waals surface area contributed by atoms with Gasteiger partial charge in [-0.15, -0.1) is 0 Å². The SMILES string of the molecule is CCCCOC(=O)COc1ccc(N2CCNCC2)cc1.